The van der Waals surface area contributed by atoms with Gasteiger partial charge in [-0.3, -0.25) is 5.84 Å². The molecule has 0 saturated carbocycles. The molecule has 1 atom stereocenters. The third-order valence-electron chi connectivity index (χ3n) is 3.40. The fourth-order valence-electron chi connectivity index (χ4n) is 2.18. The van der Waals surface area contributed by atoms with Gasteiger partial charge in [0.2, 0.25) is 0 Å². The van der Waals surface area contributed by atoms with E-state index in [1.165, 1.54) is 5.56 Å². The van der Waals surface area contributed by atoms with E-state index in [-0.39, 0.29) is 6.04 Å². The van der Waals surface area contributed by atoms with Crippen LogP contribution in [0.3, 0.4) is 0 Å². The molecule has 0 bridgehead atoms. The number of nitrogens with one attached hydrogen (secondary N) is 1. The van der Waals surface area contributed by atoms with Crippen LogP contribution < -0.4 is 11.3 Å². The van der Waals surface area contributed by atoms with E-state index in [4.69, 9.17) is 29.0 Å². The van der Waals surface area contributed by atoms with Crippen LogP contribution in [0.4, 0.5) is 0 Å². The first-order chi connectivity index (χ1) is 9.54. The highest BCUT2D eigenvalue weighted by molar-refractivity contribution is 6.42. The predicted octanol–water partition coefficient (Wildman–Crippen LogP) is 4.67. The Morgan fingerprint density at radius 1 is 0.950 bits per heavy atom. The summed E-state index contributed by atoms with van der Waals surface area (Å²) in [5.41, 5.74) is 6.03. The van der Waals surface area contributed by atoms with Gasteiger partial charge in [-0.2, -0.15) is 0 Å². The van der Waals surface area contributed by atoms with Crippen LogP contribution in [-0.2, 0) is 0 Å². The molecule has 4 heteroatoms. The van der Waals surface area contributed by atoms with Gasteiger partial charge in [0.25, 0.3) is 0 Å². The summed E-state index contributed by atoms with van der Waals surface area (Å²) in [6.45, 7) is 4.34. The summed E-state index contributed by atoms with van der Waals surface area (Å²) in [4.78, 5) is 0. The average molecular weight is 309 g/mol. The van der Waals surface area contributed by atoms with Crippen molar-refractivity contribution < 1.29 is 0 Å². The number of hydrogen-bond acceptors (Lipinski definition) is 2. The second-order valence-electron chi connectivity index (χ2n) is 5.06. The Balaban J connectivity index is 2.39. The van der Waals surface area contributed by atoms with Crippen molar-refractivity contribution in [3.63, 3.8) is 0 Å². The Morgan fingerprint density at radius 3 is 2.10 bits per heavy atom. The molecule has 0 amide bonds. The maximum Gasteiger partial charge on any atom is 0.0725 e. The zero-order valence-electron chi connectivity index (χ0n) is 11.5. The molecule has 0 radical (unpaired) electrons. The Labute approximate surface area is 129 Å². The molecule has 0 heterocycles. The highest BCUT2D eigenvalue weighted by Crippen LogP contribution is 2.33. The van der Waals surface area contributed by atoms with Crippen LogP contribution in [0.2, 0.25) is 10.0 Å². The zero-order chi connectivity index (χ0) is 14.7. The molecule has 0 aliphatic rings. The van der Waals surface area contributed by atoms with Gasteiger partial charge in [0.05, 0.1) is 16.1 Å². The molecule has 1 unspecified atom stereocenters. The van der Waals surface area contributed by atoms with Gasteiger partial charge < -0.3 is 0 Å². The van der Waals surface area contributed by atoms with Crippen molar-refractivity contribution in [2.45, 2.75) is 25.8 Å². The number of benzene rings is 2. The van der Waals surface area contributed by atoms with Crippen LogP contribution in [0.5, 0.6) is 0 Å². The van der Waals surface area contributed by atoms with E-state index < -0.39 is 0 Å². The largest absolute Gasteiger partial charge is 0.271 e. The minimum Gasteiger partial charge on any atom is -0.271 e. The summed E-state index contributed by atoms with van der Waals surface area (Å²) in [7, 11) is 0. The molecule has 2 aromatic rings. The first kappa shape index (κ1) is 15.3. The summed E-state index contributed by atoms with van der Waals surface area (Å²) in [5.74, 6) is 6.20. The van der Waals surface area contributed by atoms with Crippen LogP contribution in [0.15, 0.2) is 42.5 Å². The third kappa shape index (κ3) is 3.15. The normalized spacial score (nSPS) is 12.7. The molecular formula is C16H18Cl2N2. The van der Waals surface area contributed by atoms with Crippen LogP contribution in [0.25, 0.3) is 0 Å². The number of nitrogens with two attached hydrogens (primary N) is 1. The quantitative estimate of drug-likeness (QED) is 0.636. The second kappa shape index (κ2) is 6.59. The summed E-state index contributed by atoms with van der Waals surface area (Å²) in [5, 5.41) is 1.06. The molecule has 2 nitrogen and oxygen atoms in total. The summed E-state index contributed by atoms with van der Waals surface area (Å²) in [6.07, 6.45) is 0. The summed E-state index contributed by atoms with van der Waals surface area (Å²) < 4.78 is 0. The zero-order valence-corrected chi connectivity index (χ0v) is 13.0. The van der Waals surface area contributed by atoms with Crippen molar-refractivity contribution in [1.29, 1.82) is 0 Å². The maximum absolute atomic E-state index is 6.27. The van der Waals surface area contributed by atoms with Gasteiger partial charge in [-0.25, -0.2) is 5.43 Å². The van der Waals surface area contributed by atoms with E-state index in [2.05, 4.69) is 43.5 Å². The van der Waals surface area contributed by atoms with Crippen molar-refractivity contribution >= 4 is 23.2 Å². The van der Waals surface area contributed by atoms with E-state index in [9.17, 15) is 0 Å². The van der Waals surface area contributed by atoms with Gasteiger partial charge in [0, 0.05) is 0 Å². The van der Waals surface area contributed by atoms with E-state index in [1.807, 2.05) is 12.1 Å². The molecule has 0 aliphatic carbocycles. The minimum atomic E-state index is -0.178. The van der Waals surface area contributed by atoms with Gasteiger partial charge in [-0.1, -0.05) is 73.4 Å². The van der Waals surface area contributed by atoms with Gasteiger partial charge >= 0.3 is 0 Å². The Hall–Kier alpha value is -1.06. The molecule has 0 spiro atoms. The first-order valence-corrected chi connectivity index (χ1v) is 7.30. The van der Waals surface area contributed by atoms with Gasteiger partial charge in [0.1, 0.15) is 0 Å². The van der Waals surface area contributed by atoms with Crippen molar-refractivity contribution in [3.05, 3.63) is 69.2 Å². The monoisotopic (exact) mass is 308 g/mol. The summed E-state index contributed by atoms with van der Waals surface area (Å²) in [6, 6.07) is 13.7. The molecular weight excluding hydrogens is 291 g/mol. The smallest absolute Gasteiger partial charge is 0.0725 e. The maximum atomic E-state index is 6.27. The Bertz CT molecular complexity index is 580. The number of halogens is 2. The molecule has 0 saturated heterocycles. The van der Waals surface area contributed by atoms with Crippen LogP contribution >= 0.6 is 23.2 Å². The Morgan fingerprint density at radius 2 is 1.55 bits per heavy atom. The lowest BCUT2D eigenvalue weighted by Crippen LogP contribution is -2.29. The van der Waals surface area contributed by atoms with E-state index in [1.54, 1.807) is 6.07 Å². The van der Waals surface area contributed by atoms with Crippen molar-refractivity contribution in [1.82, 2.24) is 5.43 Å². The van der Waals surface area contributed by atoms with E-state index >= 15 is 0 Å². The van der Waals surface area contributed by atoms with E-state index in [0.29, 0.717) is 16.0 Å². The molecule has 0 fully saturated rings. The first-order valence-electron chi connectivity index (χ1n) is 6.54. The Kier molecular flexibility index (Phi) is 5.06. The third-order valence-corrected chi connectivity index (χ3v) is 4.23. The molecule has 2 rings (SSSR count). The highest BCUT2D eigenvalue weighted by Gasteiger charge is 2.17. The molecule has 20 heavy (non-hydrogen) atoms. The predicted molar refractivity (Wildman–Crippen MR) is 86.2 cm³/mol. The standard InChI is InChI=1S/C16H18Cl2N2/c1-10(2)11-6-8-12(9-7-11)16(20-19)13-4-3-5-14(17)15(13)18/h3-10,16,20H,19H2,1-2H3. The average Bonchev–Trinajstić information content (AvgIpc) is 2.45. The van der Waals surface area contributed by atoms with Crippen LogP contribution in [0.1, 0.15) is 42.5 Å². The lowest BCUT2D eigenvalue weighted by atomic mass is 9.95. The van der Waals surface area contributed by atoms with Gasteiger partial charge in [-0.15, -0.1) is 0 Å². The van der Waals surface area contributed by atoms with Crippen molar-refractivity contribution in [3.8, 4) is 0 Å². The lowest BCUT2D eigenvalue weighted by Gasteiger charge is -2.19. The van der Waals surface area contributed by atoms with Gasteiger partial charge in [-0.05, 0) is 28.7 Å². The molecule has 2 aromatic carbocycles. The number of rotatable bonds is 4. The molecule has 106 valence electrons. The fourth-order valence-corrected chi connectivity index (χ4v) is 2.60. The van der Waals surface area contributed by atoms with Crippen molar-refractivity contribution in [2.75, 3.05) is 0 Å². The SMILES string of the molecule is CC(C)c1ccc(C(NN)c2cccc(Cl)c2Cl)cc1. The molecule has 0 aliphatic heterocycles. The number of hydrazine groups is 1. The van der Waals surface area contributed by atoms with Gasteiger partial charge in [0.15, 0.2) is 0 Å². The molecule has 0 aromatic heterocycles. The minimum absolute atomic E-state index is 0.178. The second-order valence-corrected chi connectivity index (χ2v) is 5.85. The van der Waals surface area contributed by atoms with E-state index in [0.717, 1.165) is 11.1 Å². The fraction of sp³-hybridized carbons (Fsp3) is 0.250. The highest BCUT2D eigenvalue weighted by atomic mass is 35.5. The summed E-state index contributed by atoms with van der Waals surface area (Å²) >= 11 is 12.3. The number of hydrogen-bond donors (Lipinski definition) is 2. The van der Waals surface area contributed by atoms with Crippen molar-refractivity contribution in [2.24, 2.45) is 5.84 Å². The topological polar surface area (TPSA) is 38.0 Å². The van der Waals surface area contributed by atoms with Crippen LogP contribution in [-0.4, -0.2) is 0 Å². The lowest BCUT2D eigenvalue weighted by molar-refractivity contribution is 0.636. The molecule has 3 N–H and O–H groups in total. The van der Waals surface area contributed by atoms with Crippen LogP contribution in [0, 0.1) is 0 Å².